The van der Waals surface area contributed by atoms with E-state index in [2.05, 4.69) is 20.8 Å². The molecule has 3 aromatic rings. The molecule has 1 aromatic heterocycles. The van der Waals surface area contributed by atoms with Crippen LogP contribution in [0.15, 0.2) is 65.0 Å². The van der Waals surface area contributed by atoms with Crippen LogP contribution in [0.4, 0.5) is 0 Å². The molecule has 15 nitrogen and oxygen atoms in total. The van der Waals surface area contributed by atoms with E-state index in [-0.39, 0.29) is 46.5 Å². The van der Waals surface area contributed by atoms with E-state index in [4.69, 9.17) is 11.5 Å². The number of rotatable bonds is 15. The quantitative estimate of drug-likeness (QED) is 0.0839. The summed E-state index contributed by atoms with van der Waals surface area (Å²) in [6, 6.07) is 9.85. The van der Waals surface area contributed by atoms with Gasteiger partial charge in [-0.1, -0.05) is 74.1 Å². The highest BCUT2D eigenvalue weighted by Crippen LogP contribution is 2.41. The molecule has 50 heavy (non-hydrogen) atoms. The lowest BCUT2D eigenvalue weighted by Gasteiger charge is -2.49. The van der Waals surface area contributed by atoms with Gasteiger partial charge in [0.2, 0.25) is 5.16 Å². The SMILES string of the molecule is CC(C)C[C@H](N)C(=O)c1ccccc1C[C@H](N)C(=O)c1ccccc1C(O)C(=O)NC1C(=O)N2C(C(=O)O)=C(CSc3nnnn3C)CS[C@@H]12. The van der Waals surface area contributed by atoms with Gasteiger partial charge in [0.05, 0.1) is 12.1 Å². The molecule has 0 radical (unpaired) electrons. The predicted molar refractivity (Wildman–Crippen MR) is 185 cm³/mol. The third kappa shape index (κ3) is 7.66. The summed E-state index contributed by atoms with van der Waals surface area (Å²) in [5, 5.41) is 34.6. The maximum atomic E-state index is 13.6. The minimum atomic E-state index is -1.85. The summed E-state index contributed by atoms with van der Waals surface area (Å²) in [7, 11) is 1.65. The summed E-state index contributed by atoms with van der Waals surface area (Å²) < 4.78 is 1.45. The first-order valence-corrected chi connectivity index (χ1v) is 17.8. The minimum Gasteiger partial charge on any atom is -0.477 e. The number of carboxylic acid groups (broad SMARTS) is 1. The summed E-state index contributed by atoms with van der Waals surface area (Å²) in [5.74, 6) is -2.96. The number of aryl methyl sites for hydroxylation is 1. The van der Waals surface area contributed by atoms with Crippen molar-refractivity contribution in [2.45, 2.75) is 61.4 Å². The first-order valence-electron chi connectivity index (χ1n) is 15.8. The molecule has 17 heteroatoms. The molecular formula is C33H38N8O7S2. The van der Waals surface area contributed by atoms with Gasteiger partial charge in [-0.3, -0.25) is 24.1 Å². The Morgan fingerprint density at radius 3 is 2.36 bits per heavy atom. The van der Waals surface area contributed by atoms with Crippen LogP contribution in [-0.4, -0.2) is 99.7 Å². The zero-order valence-corrected chi connectivity index (χ0v) is 29.2. The van der Waals surface area contributed by atoms with E-state index < -0.39 is 53.2 Å². The summed E-state index contributed by atoms with van der Waals surface area (Å²) in [4.78, 5) is 66.7. The van der Waals surface area contributed by atoms with Crippen molar-refractivity contribution in [2.75, 3.05) is 11.5 Å². The van der Waals surface area contributed by atoms with Gasteiger partial charge >= 0.3 is 5.97 Å². The molecule has 2 amide bonds. The molecule has 2 unspecified atom stereocenters. The number of ketones is 2. The molecule has 5 atom stereocenters. The van der Waals surface area contributed by atoms with Gasteiger partial charge in [-0.05, 0) is 40.3 Å². The molecule has 5 rings (SSSR count). The standard InChI is InChI=1S/C33H38N8O7S2/c1-16(2)12-22(34)26(42)19-9-5-4-8-17(19)13-23(35)27(43)20-10-6-7-11-21(20)28(44)29(45)36-24-30(46)41-25(32(47)48)18(14-49-31(24)41)15-50-33-37-38-39-40(33)3/h4-11,16,22-24,28,31,44H,12-15,34-35H2,1-3H3,(H,36,45)(H,47,48)/t22-,23-,24?,28?,31-/m0/s1. The molecule has 0 aliphatic carbocycles. The van der Waals surface area contributed by atoms with Crippen LogP contribution in [0.2, 0.25) is 0 Å². The second-order valence-electron chi connectivity index (χ2n) is 12.4. The van der Waals surface area contributed by atoms with E-state index >= 15 is 0 Å². The van der Waals surface area contributed by atoms with Gasteiger partial charge in [0.25, 0.3) is 11.8 Å². The van der Waals surface area contributed by atoms with Crippen LogP contribution in [0.1, 0.15) is 58.2 Å². The molecule has 2 aromatic carbocycles. The molecular weight excluding hydrogens is 685 g/mol. The number of thioether (sulfide) groups is 2. The Labute approximate surface area is 296 Å². The second-order valence-corrected chi connectivity index (χ2v) is 14.5. The highest BCUT2D eigenvalue weighted by atomic mass is 32.2. The number of fused-ring (bicyclic) bond motifs is 1. The van der Waals surface area contributed by atoms with Crippen LogP contribution in [0, 0.1) is 5.92 Å². The number of carboxylic acids is 1. The van der Waals surface area contributed by atoms with Gasteiger partial charge in [-0.15, -0.1) is 16.9 Å². The van der Waals surface area contributed by atoms with Crippen LogP contribution in [0.5, 0.6) is 0 Å². The van der Waals surface area contributed by atoms with Gasteiger partial charge in [0, 0.05) is 35.2 Å². The van der Waals surface area contributed by atoms with Gasteiger partial charge in [0.15, 0.2) is 17.7 Å². The number of β-lactam (4-membered cyclic amide) rings is 1. The number of nitrogens with one attached hydrogen (secondary N) is 1. The third-order valence-electron chi connectivity index (χ3n) is 8.40. The largest absolute Gasteiger partial charge is 0.477 e. The van der Waals surface area contributed by atoms with E-state index in [1.165, 1.54) is 40.3 Å². The predicted octanol–water partition coefficient (Wildman–Crippen LogP) is 1.08. The lowest BCUT2D eigenvalue weighted by atomic mass is 9.89. The highest BCUT2D eigenvalue weighted by Gasteiger charge is 2.54. The van der Waals surface area contributed by atoms with Gasteiger partial charge in [0.1, 0.15) is 17.1 Å². The number of hydrogen-bond donors (Lipinski definition) is 5. The maximum absolute atomic E-state index is 13.6. The number of aromatic nitrogens is 4. The van der Waals surface area contributed by atoms with Gasteiger partial charge in [-0.2, -0.15) is 0 Å². The Hall–Kier alpha value is -4.42. The Morgan fingerprint density at radius 1 is 1.04 bits per heavy atom. The number of aliphatic hydroxyl groups excluding tert-OH is 1. The summed E-state index contributed by atoms with van der Waals surface area (Å²) in [6.07, 6.45) is -1.34. The molecule has 2 aliphatic rings. The van der Waals surface area contributed by atoms with Crippen molar-refractivity contribution in [2.24, 2.45) is 24.4 Å². The Bertz CT molecular complexity index is 1850. The van der Waals surface area contributed by atoms with E-state index in [1.54, 1.807) is 43.4 Å². The lowest BCUT2D eigenvalue weighted by Crippen LogP contribution is -2.70. The summed E-state index contributed by atoms with van der Waals surface area (Å²) in [5.41, 5.74) is 13.8. The lowest BCUT2D eigenvalue weighted by molar-refractivity contribution is -0.151. The molecule has 0 spiro atoms. The number of benzene rings is 2. The summed E-state index contributed by atoms with van der Waals surface area (Å²) >= 11 is 2.51. The zero-order valence-electron chi connectivity index (χ0n) is 27.6. The molecule has 1 fully saturated rings. The topological polar surface area (TPSA) is 237 Å². The number of Topliss-reactive ketones (excluding diaryl/α,β-unsaturated/α-hetero) is 2. The number of tetrazole rings is 1. The monoisotopic (exact) mass is 722 g/mol. The fourth-order valence-corrected chi connectivity index (χ4v) is 8.24. The van der Waals surface area contributed by atoms with E-state index in [9.17, 15) is 34.2 Å². The Kier molecular flexibility index (Phi) is 11.5. The van der Waals surface area contributed by atoms with Crippen LogP contribution < -0.4 is 16.8 Å². The number of nitrogens with zero attached hydrogens (tertiary/aromatic N) is 5. The van der Waals surface area contributed by atoms with Crippen LogP contribution in [0.25, 0.3) is 0 Å². The van der Waals surface area contributed by atoms with E-state index in [1.807, 2.05) is 13.8 Å². The van der Waals surface area contributed by atoms with Crippen molar-refractivity contribution < 1.29 is 34.2 Å². The molecule has 0 bridgehead atoms. The number of carbonyl (C=O) groups excluding carboxylic acids is 4. The molecule has 3 heterocycles. The average molecular weight is 723 g/mol. The van der Waals surface area contributed by atoms with Crippen molar-refractivity contribution in [3.8, 4) is 0 Å². The molecule has 7 N–H and O–H groups in total. The third-order valence-corrected chi connectivity index (χ3v) is 10.8. The Balaban J connectivity index is 1.27. The van der Waals surface area contributed by atoms with Crippen LogP contribution in [0.3, 0.4) is 0 Å². The smallest absolute Gasteiger partial charge is 0.352 e. The van der Waals surface area contributed by atoms with Gasteiger partial charge < -0.3 is 27.0 Å². The number of carbonyl (C=O) groups is 5. The van der Waals surface area contributed by atoms with Crippen molar-refractivity contribution in [1.29, 1.82) is 0 Å². The number of nitrogens with two attached hydrogens (primary N) is 2. The van der Waals surface area contributed by atoms with Crippen LogP contribution in [-0.2, 0) is 27.9 Å². The van der Waals surface area contributed by atoms with Crippen LogP contribution >= 0.6 is 23.5 Å². The number of aliphatic hydroxyl groups is 1. The maximum Gasteiger partial charge on any atom is 0.352 e. The first kappa shape index (κ1) is 36.9. The number of aliphatic carboxylic acids is 1. The molecule has 264 valence electrons. The molecule has 0 saturated carbocycles. The fraction of sp³-hybridized carbons (Fsp3) is 0.394. The fourth-order valence-electron chi connectivity index (χ4n) is 5.91. The van der Waals surface area contributed by atoms with E-state index in [0.29, 0.717) is 28.3 Å². The van der Waals surface area contributed by atoms with Crippen molar-refractivity contribution >= 4 is 52.9 Å². The average Bonchev–Trinajstić information content (AvgIpc) is 3.51. The normalized spacial score (nSPS) is 19.0. The zero-order chi connectivity index (χ0) is 36.3. The summed E-state index contributed by atoms with van der Waals surface area (Å²) in [6.45, 7) is 3.94. The van der Waals surface area contributed by atoms with Gasteiger partial charge in [-0.25, -0.2) is 9.48 Å². The number of amides is 2. The molecule has 2 aliphatic heterocycles. The van der Waals surface area contributed by atoms with Crippen molar-refractivity contribution in [3.63, 3.8) is 0 Å². The highest BCUT2D eigenvalue weighted by molar-refractivity contribution is 8.01. The van der Waals surface area contributed by atoms with Crippen molar-refractivity contribution in [1.82, 2.24) is 30.4 Å². The Morgan fingerprint density at radius 2 is 1.70 bits per heavy atom. The number of hydrogen-bond acceptors (Lipinski definition) is 13. The second kappa shape index (κ2) is 15.6. The van der Waals surface area contributed by atoms with E-state index in [0.717, 1.165) is 4.90 Å². The van der Waals surface area contributed by atoms with Crippen molar-refractivity contribution in [3.05, 3.63) is 82.1 Å². The minimum absolute atomic E-state index is 0.00644. The first-order chi connectivity index (χ1) is 23.8. The molecule has 1 saturated heterocycles.